The minimum Gasteiger partial charge on any atom is -0.497 e. The standard InChI is InChI=1S/C20H26N2O4/c1-14-13-17(10-7-15-5-8-16(25-2)9-6-15)26-20(24)18(14)19(23)22-12-4-3-11-21/h5-6,8-9,13H,3-4,7,10-12,21H2,1-2H3,(H,22,23). The van der Waals surface area contributed by atoms with Gasteiger partial charge in [0.1, 0.15) is 17.1 Å². The molecule has 0 aliphatic carbocycles. The molecule has 1 aromatic heterocycles. The van der Waals surface area contributed by atoms with Gasteiger partial charge < -0.3 is 20.2 Å². The Bertz CT molecular complexity index is 781. The number of carbonyl (C=O) groups excluding carboxylic acids is 1. The van der Waals surface area contributed by atoms with E-state index in [1.807, 2.05) is 24.3 Å². The van der Waals surface area contributed by atoms with Crippen LogP contribution in [0.1, 0.15) is 40.1 Å². The molecule has 0 saturated carbocycles. The monoisotopic (exact) mass is 358 g/mol. The summed E-state index contributed by atoms with van der Waals surface area (Å²) in [5.41, 5.74) is 6.65. The molecule has 1 heterocycles. The van der Waals surface area contributed by atoms with Crippen LogP contribution < -0.4 is 21.4 Å². The maximum absolute atomic E-state index is 12.2. The van der Waals surface area contributed by atoms with E-state index in [1.54, 1.807) is 20.1 Å². The van der Waals surface area contributed by atoms with Crippen LogP contribution >= 0.6 is 0 Å². The van der Waals surface area contributed by atoms with E-state index >= 15 is 0 Å². The van der Waals surface area contributed by atoms with Gasteiger partial charge in [-0.25, -0.2) is 4.79 Å². The van der Waals surface area contributed by atoms with Crippen LogP contribution in [0.4, 0.5) is 0 Å². The number of nitrogens with one attached hydrogen (secondary N) is 1. The zero-order valence-electron chi connectivity index (χ0n) is 15.3. The molecule has 0 bridgehead atoms. The minimum absolute atomic E-state index is 0.0749. The van der Waals surface area contributed by atoms with Crippen molar-refractivity contribution in [3.63, 3.8) is 0 Å². The second-order valence-corrected chi connectivity index (χ2v) is 6.16. The highest BCUT2D eigenvalue weighted by Crippen LogP contribution is 2.14. The van der Waals surface area contributed by atoms with E-state index in [9.17, 15) is 9.59 Å². The van der Waals surface area contributed by atoms with E-state index in [0.717, 1.165) is 30.6 Å². The summed E-state index contributed by atoms with van der Waals surface area (Å²) in [6.07, 6.45) is 2.93. The van der Waals surface area contributed by atoms with E-state index in [4.69, 9.17) is 14.9 Å². The van der Waals surface area contributed by atoms with Crippen LogP contribution in [-0.2, 0) is 12.8 Å². The predicted molar refractivity (Wildman–Crippen MR) is 101 cm³/mol. The van der Waals surface area contributed by atoms with Gasteiger partial charge in [0.15, 0.2) is 0 Å². The number of ether oxygens (including phenoxy) is 1. The van der Waals surface area contributed by atoms with E-state index < -0.39 is 11.5 Å². The third kappa shape index (κ3) is 5.46. The molecule has 2 rings (SSSR count). The number of carbonyl (C=O) groups is 1. The molecule has 0 fully saturated rings. The van der Waals surface area contributed by atoms with E-state index in [0.29, 0.717) is 30.8 Å². The normalized spacial score (nSPS) is 10.6. The highest BCUT2D eigenvalue weighted by Gasteiger charge is 2.16. The van der Waals surface area contributed by atoms with Gasteiger partial charge in [-0.2, -0.15) is 0 Å². The van der Waals surface area contributed by atoms with Gasteiger partial charge in [-0.05, 0) is 62.1 Å². The summed E-state index contributed by atoms with van der Waals surface area (Å²) in [6, 6.07) is 9.52. The molecule has 6 nitrogen and oxygen atoms in total. The summed E-state index contributed by atoms with van der Waals surface area (Å²) in [5, 5.41) is 2.74. The molecule has 6 heteroatoms. The first kappa shape index (κ1) is 19.7. The Balaban J connectivity index is 2.01. The number of methoxy groups -OCH3 is 1. The first-order valence-electron chi connectivity index (χ1n) is 8.80. The molecular weight excluding hydrogens is 332 g/mol. The van der Waals surface area contributed by atoms with Crippen molar-refractivity contribution in [3.8, 4) is 5.75 Å². The predicted octanol–water partition coefficient (Wildman–Crippen LogP) is 2.21. The van der Waals surface area contributed by atoms with Gasteiger partial charge >= 0.3 is 5.63 Å². The molecule has 0 spiro atoms. The van der Waals surface area contributed by atoms with Gasteiger partial charge in [-0.1, -0.05) is 12.1 Å². The lowest BCUT2D eigenvalue weighted by molar-refractivity contribution is 0.0948. The lowest BCUT2D eigenvalue weighted by Gasteiger charge is -2.08. The largest absolute Gasteiger partial charge is 0.497 e. The molecule has 2 aromatic rings. The molecule has 1 amide bonds. The molecule has 140 valence electrons. The minimum atomic E-state index is -0.592. The molecule has 0 atom stereocenters. The summed E-state index contributed by atoms with van der Waals surface area (Å²) >= 11 is 0. The molecule has 0 aliphatic heterocycles. The van der Waals surface area contributed by atoms with Gasteiger partial charge in [0.25, 0.3) is 5.91 Å². The maximum Gasteiger partial charge on any atom is 0.349 e. The van der Waals surface area contributed by atoms with Crippen LogP contribution in [0.25, 0.3) is 0 Å². The van der Waals surface area contributed by atoms with Gasteiger partial charge in [-0.15, -0.1) is 0 Å². The fourth-order valence-electron chi connectivity index (χ4n) is 2.69. The van der Waals surface area contributed by atoms with E-state index in [-0.39, 0.29) is 5.56 Å². The summed E-state index contributed by atoms with van der Waals surface area (Å²) in [7, 11) is 1.63. The fraction of sp³-hybridized carbons (Fsp3) is 0.400. The number of benzene rings is 1. The smallest absolute Gasteiger partial charge is 0.349 e. The van der Waals surface area contributed by atoms with Crippen molar-refractivity contribution in [3.05, 3.63) is 63.2 Å². The number of aryl methyl sites for hydroxylation is 3. The zero-order valence-corrected chi connectivity index (χ0v) is 15.3. The van der Waals surface area contributed by atoms with Crippen LogP contribution in [0.5, 0.6) is 5.75 Å². The second-order valence-electron chi connectivity index (χ2n) is 6.16. The summed E-state index contributed by atoms with van der Waals surface area (Å²) < 4.78 is 10.5. The molecule has 0 aliphatic rings. The fourth-order valence-corrected chi connectivity index (χ4v) is 2.69. The molecule has 1 aromatic carbocycles. The first-order chi connectivity index (χ1) is 12.5. The van der Waals surface area contributed by atoms with Crippen LogP contribution in [0.3, 0.4) is 0 Å². The van der Waals surface area contributed by atoms with Crippen molar-refractivity contribution in [2.45, 2.75) is 32.6 Å². The number of unbranched alkanes of at least 4 members (excludes halogenated alkanes) is 1. The number of hydrogen-bond donors (Lipinski definition) is 2. The molecular formula is C20H26N2O4. The first-order valence-corrected chi connectivity index (χ1v) is 8.80. The maximum atomic E-state index is 12.2. The lowest BCUT2D eigenvalue weighted by atomic mass is 10.1. The quantitative estimate of drug-likeness (QED) is 0.670. The second kappa shape index (κ2) is 9.77. The van der Waals surface area contributed by atoms with Crippen LogP contribution in [0.2, 0.25) is 0 Å². The molecule has 26 heavy (non-hydrogen) atoms. The lowest BCUT2D eigenvalue weighted by Crippen LogP contribution is -2.30. The van der Waals surface area contributed by atoms with Crippen molar-refractivity contribution in [1.29, 1.82) is 0 Å². The van der Waals surface area contributed by atoms with Crippen LogP contribution in [0, 0.1) is 6.92 Å². The van der Waals surface area contributed by atoms with E-state index in [2.05, 4.69) is 5.32 Å². The SMILES string of the molecule is COc1ccc(CCc2cc(C)c(C(=O)NCCCCN)c(=O)o2)cc1. The summed E-state index contributed by atoms with van der Waals surface area (Å²) in [6.45, 7) is 2.83. The van der Waals surface area contributed by atoms with Crippen LogP contribution in [0.15, 0.2) is 39.5 Å². The van der Waals surface area contributed by atoms with Gasteiger partial charge in [0.05, 0.1) is 7.11 Å². The Hall–Kier alpha value is -2.60. The third-order valence-electron chi connectivity index (χ3n) is 4.16. The number of amides is 1. The molecule has 0 radical (unpaired) electrons. The van der Waals surface area contributed by atoms with Crippen LogP contribution in [-0.4, -0.2) is 26.1 Å². The average molecular weight is 358 g/mol. The summed E-state index contributed by atoms with van der Waals surface area (Å²) in [4.78, 5) is 24.4. The van der Waals surface area contributed by atoms with Crippen molar-refractivity contribution < 1.29 is 13.9 Å². The highest BCUT2D eigenvalue weighted by atomic mass is 16.5. The molecule has 0 saturated heterocycles. The zero-order chi connectivity index (χ0) is 18.9. The Morgan fingerprint density at radius 1 is 1.19 bits per heavy atom. The van der Waals surface area contributed by atoms with Crippen molar-refractivity contribution >= 4 is 5.91 Å². The Morgan fingerprint density at radius 2 is 1.92 bits per heavy atom. The van der Waals surface area contributed by atoms with Gasteiger partial charge in [-0.3, -0.25) is 4.79 Å². The van der Waals surface area contributed by atoms with Crippen molar-refractivity contribution in [1.82, 2.24) is 5.32 Å². The number of nitrogens with two attached hydrogens (primary N) is 1. The molecule has 3 N–H and O–H groups in total. The topological polar surface area (TPSA) is 94.6 Å². The molecule has 0 unspecified atom stereocenters. The van der Waals surface area contributed by atoms with Crippen molar-refractivity contribution in [2.75, 3.05) is 20.2 Å². The van der Waals surface area contributed by atoms with Gasteiger partial charge in [0.2, 0.25) is 0 Å². The third-order valence-corrected chi connectivity index (χ3v) is 4.16. The Kier molecular flexibility index (Phi) is 7.41. The Morgan fingerprint density at radius 3 is 2.54 bits per heavy atom. The number of rotatable bonds is 9. The Labute approximate surface area is 153 Å². The number of hydrogen-bond acceptors (Lipinski definition) is 5. The summed E-state index contributed by atoms with van der Waals surface area (Å²) in [5.74, 6) is 0.982. The van der Waals surface area contributed by atoms with Crippen molar-refractivity contribution in [2.24, 2.45) is 5.73 Å². The van der Waals surface area contributed by atoms with Gasteiger partial charge in [0, 0.05) is 13.0 Å². The highest BCUT2D eigenvalue weighted by molar-refractivity contribution is 5.95. The average Bonchev–Trinajstić information content (AvgIpc) is 2.63. The van der Waals surface area contributed by atoms with E-state index in [1.165, 1.54) is 0 Å².